The van der Waals surface area contributed by atoms with Crippen molar-refractivity contribution in [1.82, 2.24) is 4.90 Å². The first-order chi connectivity index (χ1) is 11.6. The molecule has 0 unspecified atom stereocenters. The minimum atomic E-state index is -0.210. The van der Waals surface area contributed by atoms with E-state index in [2.05, 4.69) is 10.2 Å². The average Bonchev–Trinajstić information content (AvgIpc) is 2.55. The summed E-state index contributed by atoms with van der Waals surface area (Å²) in [4.78, 5) is 13.4. The van der Waals surface area contributed by atoms with Crippen molar-refractivity contribution in [2.24, 2.45) is 0 Å². The van der Waals surface area contributed by atoms with E-state index in [0.29, 0.717) is 19.6 Å². The first kappa shape index (κ1) is 16.5. The fourth-order valence-corrected chi connectivity index (χ4v) is 2.79. The van der Waals surface area contributed by atoms with Crippen molar-refractivity contribution in [3.05, 3.63) is 59.4 Å². The van der Waals surface area contributed by atoms with Crippen LogP contribution in [-0.2, 0) is 17.8 Å². The topological polar surface area (TPSA) is 41.6 Å². The van der Waals surface area contributed by atoms with E-state index in [1.165, 1.54) is 6.07 Å². The molecule has 24 heavy (non-hydrogen) atoms. The molecule has 1 heterocycles. The molecule has 3 rings (SSSR count). The van der Waals surface area contributed by atoms with Crippen LogP contribution in [0.25, 0.3) is 0 Å². The molecule has 1 amide bonds. The zero-order valence-electron chi connectivity index (χ0n) is 13.7. The Morgan fingerprint density at radius 3 is 2.92 bits per heavy atom. The molecule has 0 aromatic heterocycles. The van der Waals surface area contributed by atoms with Gasteiger partial charge in [-0.3, -0.25) is 9.69 Å². The molecule has 0 aliphatic carbocycles. The molecular formula is C19H21FN2O2. The largest absolute Gasteiger partial charge is 0.492 e. The lowest BCUT2D eigenvalue weighted by Gasteiger charge is -2.19. The number of hydrogen-bond donors (Lipinski definition) is 1. The van der Waals surface area contributed by atoms with Crippen LogP contribution in [0.5, 0.6) is 5.75 Å². The fourth-order valence-electron chi connectivity index (χ4n) is 2.79. The van der Waals surface area contributed by atoms with Crippen molar-refractivity contribution in [2.45, 2.75) is 19.4 Å². The third-order valence-electron chi connectivity index (χ3n) is 4.06. The molecule has 2 aromatic carbocycles. The summed E-state index contributed by atoms with van der Waals surface area (Å²) in [5.74, 6) is 0.664. The predicted octanol–water partition coefficient (Wildman–Crippen LogP) is 3.22. The number of rotatable bonds is 6. The second-order valence-electron chi connectivity index (χ2n) is 6.08. The van der Waals surface area contributed by atoms with E-state index in [4.69, 9.17) is 4.74 Å². The summed E-state index contributed by atoms with van der Waals surface area (Å²) in [6.07, 6.45) is 1.27. The predicted molar refractivity (Wildman–Crippen MR) is 91.6 cm³/mol. The van der Waals surface area contributed by atoms with Crippen LogP contribution in [0.3, 0.4) is 0 Å². The van der Waals surface area contributed by atoms with E-state index in [0.717, 1.165) is 35.5 Å². The van der Waals surface area contributed by atoms with Crippen LogP contribution in [-0.4, -0.2) is 31.0 Å². The molecule has 5 heteroatoms. The quantitative estimate of drug-likeness (QED) is 0.885. The van der Waals surface area contributed by atoms with E-state index in [1.807, 2.05) is 31.3 Å². The molecule has 1 aliphatic rings. The number of benzene rings is 2. The normalized spacial score (nSPS) is 13.5. The van der Waals surface area contributed by atoms with E-state index in [9.17, 15) is 9.18 Å². The Labute approximate surface area is 141 Å². The number of ether oxygens (including phenoxy) is 1. The maximum atomic E-state index is 13.2. The molecule has 126 valence electrons. The molecule has 0 bridgehead atoms. The summed E-state index contributed by atoms with van der Waals surface area (Å²) in [7, 11) is 1.98. The maximum absolute atomic E-state index is 13.2. The number of nitrogens with zero attached hydrogens (tertiary/aromatic N) is 1. The molecule has 2 aromatic rings. The van der Waals surface area contributed by atoms with Crippen molar-refractivity contribution in [3.8, 4) is 5.75 Å². The van der Waals surface area contributed by atoms with Gasteiger partial charge in [-0.1, -0.05) is 12.1 Å². The van der Waals surface area contributed by atoms with Crippen LogP contribution >= 0.6 is 0 Å². The number of amides is 1. The first-order valence-electron chi connectivity index (χ1n) is 8.09. The lowest BCUT2D eigenvalue weighted by atomic mass is 10.0. The van der Waals surface area contributed by atoms with E-state index >= 15 is 0 Å². The maximum Gasteiger partial charge on any atom is 0.224 e. The second-order valence-corrected chi connectivity index (χ2v) is 6.08. The van der Waals surface area contributed by atoms with Crippen LogP contribution in [0.4, 0.5) is 10.1 Å². The number of hydrogen-bond acceptors (Lipinski definition) is 3. The highest BCUT2D eigenvalue weighted by atomic mass is 19.1. The SMILES string of the molecule is CN(CCOc1ccc2c(c1)CCC(=O)N2)Cc1cccc(F)c1. The number of likely N-dealkylation sites (N-methyl/N-ethyl adjacent to an activating group) is 1. The third-order valence-corrected chi connectivity index (χ3v) is 4.06. The zero-order chi connectivity index (χ0) is 16.9. The Hall–Kier alpha value is -2.40. The highest BCUT2D eigenvalue weighted by molar-refractivity contribution is 5.93. The van der Waals surface area contributed by atoms with E-state index < -0.39 is 0 Å². The highest BCUT2D eigenvalue weighted by Gasteiger charge is 2.15. The molecule has 1 N–H and O–H groups in total. The summed E-state index contributed by atoms with van der Waals surface area (Å²) in [6.45, 7) is 1.97. The minimum Gasteiger partial charge on any atom is -0.492 e. The monoisotopic (exact) mass is 328 g/mol. The summed E-state index contributed by atoms with van der Waals surface area (Å²) < 4.78 is 19.0. The number of aryl methyl sites for hydroxylation is 1. The minimum absolute atomic E-state index is 0.0649. The highest BCUT2D eigenvalue weighted by Crippen LogP contribution is 2.26. The van der Waals surface area contributed by atoms with Crippen molar-refractivity contribution in [3.63, 3.8) is 0 Å². The number of carbonyl (C=O) groups excluding carboxylic acids is 1. The summed E-state index contributed by atoms with van der Waals surface area (Å²) in [6, 6.07) is 12.4. The fraction of sp³-hybridized carbons (Fsp3) is 0.316. The van der Waals surface area contributed by atoms with Crippen LogP contribution < -0.4 is 10.1 Å². The molecule has 0 radical (unpaired) electrons. The average molecular weight is 328 g/mol. The number of anilines is 1. The van der Waals surface area contributed by atoms with Crippen molar-refractivity contribution >= 4 is 11.6 Å². The van der Waals surface area contributed by atoms with Gasteiger partial charge in [0.2, 0.25) is 5.91 Å². The van der Waals surface area contributed by atoms with Gasteiger partial charge in [-0.15, -0.1) is 0 Å². The number of carbonyl (C=O) groups is 1. The van der Waals surface area contributed by atoms with Gasteiger partial charge in [-0.2, -0.15) is 0 Å². The van der Waals surface area contributed by atoms with Crippen LogP contribution in [0.1, 0.15) is 17.5 Å². The summed E-state index contributed by atoms with van der Waals surface area (Å²) in [5, 5.41) is 2.86. The molecule has 0 saturated carbocycles. The number of nitrogens with one attached hydrogen (secondary N) is 1. The van der Waals surface area contributed by atoms with Gasteiger partial charge < -0.3 is 10.1 Å². The van der Waals surface area contributed by atoms with Crippen LogP contribution in [0.15, 0.2) is 42.5 Å². The van der Waals surface area contributed by atoms with Crippen LogP contribution in [0.2, 0.25) is 0 Å². The van der Waals surface area contributed by atoms with Gasteiger partial charge in [0.15, 0.2) is 0 Å². The molecule has 0 fully saturated rings. The summed E-state index contributed by atoms with van der Waals surface area (Å²) >= 11 is 0. The van der Waals surface area contributed by atoms with Gasteiger partial charge in [0, 0.05) is 25.2 Å². The lowest BCUT2D eigenvalue weighted by molar-refractivity contribution is -0.116. The Balaban J connectivity index is 1.48. The Kier molecular flexibility index (Phi) is 5.11. The molecule has 1 aliphatic heterocycles. The number of fused-ring (bicyclic) bond motifs is 1. The van der Waals surface area contributed by atoms with E-state index in [-0.39, 0.29) is 11.7 Å². The lowest BCUT2D eigenvalue weighted by Crippen LogP contribution is -2.24. The zero-order valence-corrected chi connectivity index (χ0v) is 13.7. The Morgan fingerprint density at radius 1 is 1.21 bits per heavy atom. The van der Waals surface area contributed by atoms with Crippen LogP contribution in [0, 0.1) is 5.82 Å². The summed E-state index contributed by atoms with van der Waals surface area (Å²) in [5.41, 5.74) is 2.93. The Bertz CT molecular complexity index is 733. The van der Waals surface area contributed by atoms with Gasteiger partial charge in [-0.25, -0.2) is 4.39 Å². The molecule has 0 atom stereocenters. The standard InChI is InChI=1S/C19H21FN2O2/c1-22(13-14-3-2-4-16(20)11-14)9-10-24-17-6-7-18-15(12-17)5-8-19(23)21-18/h2-4,6-7,11-12H,5,8-10,13H2,1H3,(H,21,23). The van der Waals surface area contributed by atoms with Crippen molar-refractivity contribution < 1.29 is 13.9 Å². The molecule has 0 spiro atoms. The van der Waals surface area contributed by atoms with E-state index in [1.54, 1.807) is 12.1 Å². The van der Waals surface area contributed by atoms with Gasteiger partial charge in [0.05, 0.1) is 0 Å². The van der Waals surface area contributed by atoms with Gasteiger partial charge in [0.25, 0.3) is 0 Å². The number of halogens is 1. The van der Waals surface area contributed by atoms with Crippen molar-refractivity contribution in [2.75, 3.05) is 25.5 Å². The molecular weight excluding hydrogens is 307 g/mol. The molecule has 4 nitrogen and oxygen atoms in total. The molecule has 0 saturated heterocycles. The smallest absolute Gasteiger partial charge is 0.224 e. The third kappa shape index (κ3) is 4.32. The van der Waals surface area contributed by atoms with Crippen molar-refractivity contribution in [1.29, 1.82) is 0 Å². The van der Waals surface area contributed by atoms with Gasteiger partial charge in [0.1, 0.15) is 18.2 Å². The Morgan fingerprint density at radius 2 is 2.08 bits per heavy atom. The second kappa shape index (κ2) is 7.45. The first-order valence-corrected chi connectivity index (χ1v) is 8.09. The van der Waals surface area contributed by atoms with Gasteiger partial charge >= 0.3 is 0 Å². The van der Waals surface area contributed by atoms with Gasteiger partial charge in [-0.05, 0) is 54.9 Å².